The van der Waals surface area contributed by atoms with Gasteiger partial charge in [0.2, 0.25) is 5.91 Å². The van der Waals surface area contributed by atoms with Gasteiger partial charge in [-0.1, -0.05) is 18.0 Å². The normalized spacial score (nSPS) is 20.3. The number of carbonyl (C=O) groups excluding carboxylic acids is 1. The van der Waals surface area contributed by atoms with Crippen LogP contribution in [0.1, 0.15) is 42.7 Å². The van der Waals surface area contributed by atoms with Gasteiger partial charge in [-0.15, -0.1) is 0 Å². The lowest BCUT2D eigenvalue weighted by molar-refractivity contribution is -0.136. The highest BCUT2D eigenvalue weighted by Crippen LogP contribution is 2.27. The number of nitrogens with zero attached hydrogens (tertiary/aromatic N) is 3. The molecule has 9 heteroatoms. The summed E-state index contributed by atoms with van der Waals surface area (Å²) in [4.78, 5) is 14.3. The molecular weight excluding hydrogens is 344 g/mol. The van der Waals surface area contributed by atoms with Crippen LogP contribution in [0.5, 0.6) is 0 Å². The molecule has 1 N–H and O–H groups in total. The van der Waals surface area contributed by atoms with Crippen molar-refractivity contribution in [2.45, 2.75) is 46.1 Å². The van der Waals surface area contributed by atoms with Crippen molar-refractivity contribution in [2.24, 2.45) is 5.92 Å². The largest absolute Gasteiger partial charge is 0.361 e. The molecule has 1 aromatic heterocycles. The van der Waals surface area contributed by atoms with E-state index in [4.69, 9.17) is 4.52 Å². The van der Waals surface area contributed by atoms with Crippen LogP contribution in [0.3, 0.4) is 0 Å². The van der Waals surface area contributed by atoms with E-state index in [9.17, 15) is 13.2 Å². The summed E-state index contributed by atoms with van der Waals surface area (Å²) in [7, 11) is -3.59. The highest BCUT2D eigenvalue weighted by Gasteiger charge is 2.32. The molecule has 1 aliphatic heterocycles. The molecule has 0 spiro atoms. The van der Waals surface area contributed by atoms with Crippen LogP contribution < -0.4 is 4.72 Å². The Bertz CT molecular complexity index is 697. The number of rotatable bonds is 5. The van der Waals surface area contributed by atoms with Crippen LogP contribution in [-0.4, -0.2) is 54.9 Å². The lowest BCUT2D eigenvalue weighted by Gasteiger charge is -2.35. The molecule has 0 radical (unpaired) electrons. The minimum absolute atomic E-state index is 0.140. The third-order valence-corrected chi connectivity index (χ3v) is 6.76. The van der Waals surface area contributed by atoms with E-state index in [0.717, 1.165) is 31.2 Å². The standard InChI is InChI=1S/C16H26N4O4S/c1-12-15(13(2)24-18-12)11-17-25(22,23)20-9-7-19(8-10-20)16(21)14-5-3-4-6-14/h14,17H,3-11H2,1-2H3. The van der Waals surface area contributed by atoms with E-state index < -0.39 is 10.2 Å². The monoisotopic (exact) mass is 370 g/mol. The highest BCUT2D eigenvalue weighted by molar-refractivity contribution is 7.87. The predicted molar refractivity (Wildman–Crippen MR) is 91.8 cm³/mol. The second kappa shape index (κ2) is 7.43. The molecule has 0 unspecified atom stereocenters. The van der Waals surface area contributed by atoms with Gasteiger partial charge in [-0.2, -0.15) is 17.4 Å². The number of piperazine rings is 1. The zero-order chi connectivity index (χ0) is 18.0. The maximum Gasteiger partial charge on any atom is 0.279 e. The number of hydrogen-bond acceptors (Lipinski definition) is 5. The molecule has 25 heavy (non-hydrogen) atoms. The fourth-order valence-corrected chi connectivity index (χ4v) is 4.74. The summed E-state index contributed by atoms with van der Waals surface area (Å²) < 4.78 is 34.1. The quantitative estimate of drug-likeness (QED) is 0.833. The van der Waals surface area contributed by atoms with Gasteiger partial charge in [0.05, 0.1) is 5.69 Å². The minimum Gasteiger partial charge on any atom is -0.361 e. The smallest absolute Gasteiger partial charge is 0.279 e. The summed E-state index contributed by atoms with van der Waals surface area (Å²) in [5.41, 5.74) is 1.45. The van der Waals surface area contributed by atoms with Gasteiger partial charge in [-0.3, -0.25) is 4.79 Å². The Kier molecular flexibility index (Phi) is 5.45. The maximum atomic E-state index is 12.5. The van der Waals surface area contributed by atoms with E-state index in [1.165, 1.54) is 4.31 Å². The Balaban J connectivity index is 1.53. The van der Waals surface area contributed by atoms with Crippen molar-refractivity contribution in [1.82, 2.24) is 19.1 Å². The van der Waals surface area contributed by atoms with Crippen molar-refractivity contribution >= 4 is 16.1 Å². The number of aromatic nitrogens is 1. The first kappa shape index (κ1) is 18.3. The SMILES string of the molecule is Cc1noc(C)c1CNS(=O)(=O)N1CCN(C(=O)C2CCCC2)CC1. The van der Waals surface area contributed by atoms with Gasteiger partial charge in [0, 0.05) is 44.2 Å². The number of aryl methyl sites for hydroxylation is 2. The number of hydrogen-bond donors (Lipinski definition) is 1. The Labute approximate surface area is 148 Å². The Hall–Kier alpha value is -1.45. The summed E-state index contributed by atoms with van der Waals surface area (Å²) in [5, 5.41) is 3.83. The Morgan fingerprint density at radius 2 is 1.84 bits per heavy atom. The third kappa shape index (κ3) is 4.04. The van der Waals surface area contributed by atoms with Crippen molar-refractivity contribution in [3.05, 3.63) is 17.0 Å². The molecule has 1 aliphatic carbocycles. The average Bonchev–Trinajstić information content (AvgIpc) is 3.23. The van der Waals surface area contributed by atoms with Gasteiger partial charge < -0.3 is 9.42 Å². The molecular formula is C16H26N4O4S. The predicted octanol–water partition coefficient (Wildman–Crippen LogP) is 0.960. The summed E-state index contributed by atoms with van der Waals surface area (Å²) in [5.74, 6) is 0.950. The van der Waals surface area contributed by atoms with E-state index >= 15 is 0 Å². The molecule has 0 aromatic carbocycles. The second-order valence-corrected chi connectivity index (χ2v) is 8.59. The van der Waals surface area contributed by atoms with Gasteiger partial charge in [-0.05, 0) is 26.7 Å². The third-order valence-electron chi connectivity index (χ3n) is 5.21. The number of nitrogens with one attached hydrogen (secondary N) is 1. The molecule has 2 heterocycles. The number of amides is 1. The second-order valence-electron chi connectivity index (χ2n) is 6.83. The minimum atomic E-state index is -3.59. The molecule has 1 saturated heterocycles. The number of carbonyl (C=O) groups is 1. The van der Waals surface area contributed by atoms with Gasteiger partial charge in [0.25, 0.3) is 10.2 Å². The van der Waals surface area contributed by atoms with Crippen molar-refractivity contribution in [3.63, 3.8) is 0 Å². The van der Waals surface area contributed by atoms with Gasteiger partial charge >= 0.3 is 0 Å². The maximum absolute atomic E-state index is 12.5. The summed E-state index contributed by atoms with van der Waals surface area (Å²) in [6.07, 6.45) is 4.18. The molecule has 2 aliphatic rings. The van der Waals surface area contributed by atoms with E-state index in [2.05, 4.69) is 9.88 Å². The Morgan fingerprint density at radius 1 is 1.20 bits per heavy atom. The molecule has 140 valence electrons. The average molecular weight is 370 g/mol. The first-order valence-corrected chi connectivity index (χ1v) is 10.3. The lowest BCUT2D eigenvalue weighted by atomic mass is 10.1. The molecule has 1 saturated carbocycles. The molecule has 8 nitrogen and oxygen atoms in total. The van der Waals surface area contributed by atoms with Crippen molar-refractivity contribution in [3.8, 4) is 0 Å². The first-order valence-electron chi connectivity index (χ1n) is 8.84. The van der Waals surface area contributed by atoms with Crippen molar-refractivity contribution in [2.75, 3.05) is 26.2 Å². The van der Waals surface area contributed by atoms with Crippen LogP contribution in [0.25, 0.3) is 0 Å². The van der Waals surface area contributed by atoms with E-state index in [0.29, 0.717) is 37.6 Å². The molecule has 2 fully saturated rings. The van der Waals surface area contributed by atoms with Crippen LogP contribution in [0.4, 0.5) is 0 Å². The molecule has 1 aromatic rings. The lowest BCUT2D eigenvalue weighted by Crippen LogP contribution is -2.54. The zero-order valence-electron chi connectivity index (χ0n) is 14.8. The Morgan fingerprint density at radius 3 is 2.40 bits per heavy atom. The van der Waals surface area contributed by atoms with E-state index in [1.54, 1.807) is 13.8 Å². The van der Waals surface area contributed by atoms with E-state index in [1.807, 2.05) is 4.90 Å². The topological polar surface area (TPSA) is 95.8 Å². The first-order chi connectivity index (χ1) is 11.9. The van der Waals surface area contributed by atoms with Crippen LogP contribution in [0, 0.1) is 19.8 Å². The van der Waals surface area contributed by atoms with Gasteiger partial charge in [0.1, 0.15) is 5.76 Å². The fraction of sp³-hybridized carbons (Fsp3) is 0.750. The van der Waals surface area contributed by atoms with E-state index in [-0.39, 0.29) is 18.4 Å². The van der Waals surface area contributed by atoms with Crippen molar-refractivity contribution < 1.29 is 17.7 Å². The summed E-state index contributed by atoms with van der Waals surface area (Å²) >= 11 is 0. The molecule has 3 rings (SSSR count). The summed E-state index contributed by atoms with van der Waals surface area (Å²) in [6.45, 7) is 5.28. The zero-order valence-corrected chi connectivity index (χ0v) is 15.6. The van der Waals surface area contributed by atoms with Crippen LogP contribution >= 0.6 is 0 Å². The van der Waals surface area contributed by atoms with Crippen LogP contribution in [-0.2, 0) is 21.5 Å². The van der Waals surface area contributed by atoms with Crippen molar-refractivity contribution in [1.29, 1.82) is 0 Å². The van der Waals surface area contributed by atoms with Gasteiger partial charge in [0.15, 0.2) is 0 Å². The van der Waals surface area contributed by atoms with Crippen LogP contribution in [0.15, 0.2) is 4.52 Å². The molecule has 1 amide bonds. The molecule has 0 atom stereocenters. The van der Waals surface area contributed by atoms with Crippen LogP contribution in [0.2, 0.25) is 0 Å². The molecule has 0 bridgehead atoms. The summed E-state index contributed by atoms with van der Waals surface area (Å²) in [6, 6.07) is 0. The fourth-order valence-electron chi connectivity index (χ4n) is 3.59. The highest BCUT2D eigenvalue weighted by atomic mass is 32.2. The van der Waals surface area contributed by atoms with Gasteiger partial charge in [-0.25, -0.2) is 0 Å².